The van der Waals surface area contributed by atoms with Gasteiger partial charge < -0.3 is 4.74 Å². The fourth-order valence-corrected chi connectivity index (χ4v) is 1.74. The third-order valence-electron chi connectivity index (χ3n) is 2.06. The Morgan fingerprint density at radius 2 is 2.06 bits per heavy atom. The Balaban J connectivity index is 2.63. The molecule has 1 rings (SSSR count). The van der Waals surface area contributed by atoms with Crippen LogP contribution in [0.2, 0.25) is 0 Å². The maximum atomic E-state index is 11.5. The Morgan fingerprint density at radius 1 is 1.47 bits per heavy atom. The number of nitro groups is 1. The van der Waals surface area contributed by atoms with Crippen molar-refractivity contribution in [2.45, 2.75) is 24.6 Å². The van der Waals surface area contributed by atoms with E-state index < -0.39 is 4.92 Å². The summed E-state index contributed by atoms with van der Waals surface area (Å²) in [5.74, 6) is -0.0816. The van der Waals surface area contributed by atoms with Crippen molar-refractivity contribution < 1.29 is 14.5 Å². The second kappa shape index (κ2) is 6.34. The third kappa shape index (κ3) is 4.14. The molecule has 0 heterocycles. The quantitative estimate of drug-likeness (QED) is 0.275. The minimum absolute atomic E-state index is 0.0336. The van der Waals surface area contributed by atoms with E-state index in [2.05, 4.69) is 15.9 Å². The molecule has 0 saturated heterocycles. The molecule has 0 radical (unpaired) electrons. The summed E-state index contributed by atoms with van der Waals surface area (Å²) < 4.78 is 5.06. The third-order valence-corrected chi connectivity index (χ3v) is 2.90. The molecule has 0 aromatic heterocycles. The van der Waals surface area contributed by atoms with E-state index in [-0.39, 0.29) is 16.5 Å². The largest absolute Gasteiger partial charge is 0.426 e. The zero-order valence-corrected chi connectivity index (χ0v) is 10.8. The first-order valence-corrected chi connectivity index (χ1v) is 6.06. The van der Waals surface area contributed by atoms with Crippen LogP contribution in [0, 0.1) is 10.1 Å². The molecule has 0 saturated carbocycles. The van der Waals surface area contributed by atoms with Crippen molar-refractivity contribution in [3.05, 3.63) is 34.4 Å². The van der Waals surface area contributed by atoms with Gasteiger partial charge in [0.2, 0.25) is 0 Å². The number of halogens is 1. The molecule has 0 amide bonds. The highest BCUT2D eigenvalue weighted by atomic mass is 79.9. The van der Waals surface area contributed by atoms with Crippen LogP contribution in [0.15, 0.2) is 24.3 Å². The Kier molecular flexibility index (Phi) is 5.09. The highest BCUT2D eigenvalue weighted by molar-refractivity contribution is 9.10. The first kappa shape index (κ1) is 13.6. The van der Waals surface area contributed by atoms with E-state index in [9.17, 15) is 14.9 Å². The van der Waals surface area contributed by atoms with Crippen molar-refractivity contribution >= 4 is 27.6 Å². The molecular formula is C11H12BrNO4. The van der Waals surface area contributed by atoms with E-state index >= 15 is 0 Å². The molecular weight excluding hydrogens is 290 g/mol. The summed E-state index contributed by atoms with van der Waals surface area (Å²) in [6.07, 6.45) is 1.55. The van der Waals surface area contributed by atoms with Crippen molar-refractivity contribution in [3.63, 3.8) is 0 Å². The summed E-state index contributed by atoms with van der Waals surface area (Å²) in [5.41, 5.74) is -0.0336. The van der Waals surface area contributed by atoms with Crippen LogP contribution in [0.3, 0.4) is 0 Å². The molecule has 1 aromatic carbocycles. The maximum Gasteiger partial charge on any atom is 0.325 e. The van der Waals surface area contributed by atoms with Crippen LogP contribution in [0.1, 0.15) is 19.8 Å². The Labute approximate surface area is 107 Å². The normalized spacial score (nSPS) is 11.9. The van der Waals surface area contributed by atoms with E-state index in [0.717, 1.165) is 6.42 Å². The van der Waals surface area contributed by atoms with Crippen LogP contribution in [0.25, 0.3) is 0 Å². The molecule has 0 aliphatic carbocycles. The minimum atomic E-state index is -0.504. The number of hydrogen-bond acceptors (Lipinski definition) is 4. The van der Waals surface area contributed by atoms with Gasteiger partial charge >= 0.3 is 5.97 Å². The Hall–Kier alpha value is -1.43. The van der Waals surface area contributed by atoms with Crippen molar-refractivity contribution in [2.24, 2.45) is 0 Å². The molecule has 0 unspecified atom stereocenters. The molecule has 0 aliphatic rings. The molecule has 1 aromatic rings. The van der Waals surface area contributed by atoms with Gasteiger partial charge in [-0.3, -0.25) is 14.9 Å². The van der Waals surface area contributed by atoms with Crippen LogP contribution < -0.4 is 4.74 Å². The van der Waals surface area contributed by atoms with Gasteiger partial charge in [0.1, 0.15) is 10.6 Å². The second-order valence-electron chi connectivity index (χ2n) is 3.43. The lowest BCUT2D eigenvalue weighted by Crippen LogP contribution is -2.20. The lowest BCUT2D eigenvalue weighted by atomic mass is 10.2. The molecule has 6 heteroatoms. The molecule has 17 heavy (non-hydrogen) atoms. The predicted octanol–water partition coefficient (Wildman–Crippen LogP) is 3.06. The van der Waals surface area contributed by atoms with Gasteiger partial charge in [-0.2, -0.15) is 0 Å². The molecule has 0 N–H and O–H groups in total. The fourth-order valence-electron chi connectivity index (χ4n) is 1.19. The van der Waals surface area contributed by atoms with E-state index in [1.165, 1.54) is 24.3 Å². The highest BCUT2D eigenvalue weighted by Crippen LogP contribution is 2.19. The van der Waals surface area contributed by atoms with Crippen LogP contribution in [-0.2, 0) is 4.79 Å². The van der Waals surface area contributed by atoms with Gasteiger partial charge in [-0.05, 0) is 18.6 Å². The smallest absolute Gasteiger partial charge is 0.325 e. The monoisotopic (exact) mass is 301 g/mol. The molecule has 0 spiro atoms. The summed E-state index contributed by atoms with van der Waals surface area (Å²) >= 11 is 3.22. The first-order valence-electron chi connectivity index (χ1n) is 5.14. The van der Waals surface area contributed by atoms with Gasteiger partial charge in [0.15, 0.2) is 0 Å². The van der Waals surface area contributed by atoms with Crippen molar-refractivity contribution in [1.82, 2.24) is 0 Å². The van der Waals surface area contributed by atoms with Crippen molar-refractivity contribution in [1.29, 1.82) is 0 Å². The van der Waals surface area contributed by atoms with E-state index in [4.69, 9.17) is 4.74 Å². The SMILES string of the molecule is CCC[C@H](Br)C(=O)Oc1ccc([N+](=O)[O-])cc1. The average molecular weight is 302 g/mol. The summed E-state index contributed by atoms with van der Waals surface area (Å²) in [6.45, 7) is 1.97. The number of nitro benzene ring substituents is 1. The lowest BCUT2D eigenvalue weighted by Gasteiger charge is -2.08. The molecule has 0 fully saturated rings. The van der Waals surface area contributed by atoms with Gasteiger partial charge in [-0.15, -0.1) is 0 Å². The highest BCUT2D eigenvalue weighted by Gasteiger charge is 2.16. The number of alkyl halides is 1. The Morgan fingerprint density at radius 3 is 2.53 bits per heavy atom. The first-order chi connectivity index (χ1) is 8.04. The number of benzene rings is 1. The summed E-state index contributed by atoms with van der Waals surface area (Å²) in [5, 5.41) is 10.4. The number of carbonyl (C=O) groups is 1. The summed E-state index contributed by atoms with van der Waals surface area (Å²) in [4.78, 5) is 21.1. The molecule has 0 bridgehead atoms. The Bertz CT molecular complexity index is 404. The van der Waals surface area contributed by atoms with Crippen molar-refractivity contribution in [3.8, 4) is 5.75 Å². The van der Waals surface area contributed by atoms with Crippen LogP contribution in [0.5, 0.6) is 5.75 Å². The standard InChI is InChI=1S/C11H12BrNO4/c1-2-3-10(12)11(14)17-9-6-4-8(5-7-9)13(15)16/h4-7,10H,2-3H2,1H3/t10-/m0/s1. The fraction of sp³-hybridized carbons (Fsp3) is 0.364. The number of ether oxygens (including phenoxy) is 1. The number of esters is 1. The number of hydrogen-bond donors (Lipinski definition) is 0. The molecule has 1 atom stereocenters. The van der Waals surface area contributed by atoms with Crippen LogP contribution >= 0.6 is 15.9 Å². The molecule has 5 nitrogen and oxygen atoms in total. The topological polar surface area (TPSA) is 69.4 Å². The molecule has 0 aliphatic heterocycles. The van der Waals surface area contributed by atoms with Gasteiger partial charge in [0, 0.05) is 12.1 Å². The van der Waals surface area contributed by atoms with E-state index in [1.807, 2.05) is 6.92 Å². The number of nitrogens with zero attached hydrogens (tertiary/aromatic N) is 1. The maximum absolute atomic E-state index is 11.5. The number of carbonyl (C=O) groups excluding carboxylic acids is 1. The van der Waals surface area contributed by atoms with Gasteiger partial charge in [-0.1, -0.05) is 29.3 Å². The second-order valence-corrected chi connectivity index (χ2v) is 4.53. The van der Waals surface area contributed by atoms with Gasteiger partial charge in [0.25, 0.3) is 5.69 Å². The van der Waals surface area contributed by atoms with Crippen LogP contribution in [-0.4, -0.2) is 15.7 Å². The van der Waals surface area contributed by atoms with Crippen LogP contribution in [0.4, 0.5) is 5.69 Å². The minimum Gasteiger partial charge on any atom is -0.426 e. The zero-order chi connectivity index (χ0) is 12.8. The summed E-state index contributed by atoms with van der Waals surface area (Å²) in [7, 11) is 0. The average Bonchev–Trinajstić information content (AvgIpc) is 2.30. The van der Waals surface area contributed by atoms with Crippen molar-refractivity contribution in [2.75, 3.05) is 0 Å². The zero-order valence-electron chi connectivity index (χ0n) is 9.26. The van der Waals surface area contributed by atoms with Gasteiger partial charge in [0.05, 0.1) is 4.92 Å². The van der Waals surface area contributed by atoms with E-state index in [0.29, 0.717) is 12.2 Å². The summed E-state index contributed by atoms with van der Waals surface area (Å²) in [6, 6.07) is 5.40. The predicted molar refractivity (Wildman–Crippen MR) is 66.4 cm³/mol. The van der Waals surface area contributed by atoms with Gasteiger partial charge in [-0.25, -0.2) is 0 Å². The van der Waals surface area contributed by atoms with E-state index in [1.54, 1.807) is 0 Å². The number of rotatable bonds is 5. The lowest BCUT2D eigenvalue weighted by molar-refractivity contribution is -0.384. The molecule has 92 valence electrons. The number of non-ortho nitro benzene ring substituents is 1.